The van der Waals surface area contributed by atoms with Gasteiger partial charge < -0.3 is 9.64 Å². The van der Waals surface area contributed by atoms with E-state index in [1.54, 1.807) is 12.4 Å². The Kier molecular flexibility index (Phi) is 5.97. The molecular formula is C12H17BrN2O2. The number of halogens is 1. The zero-order valence-corrected chi connectivity index (χ0v) is 11.7. The van der Waals surface area contributed by atoms with Gasteiger partial charge in [-0.25, -0.2) is 0 Å². The Bertz CT molecular complexity index is 371. The quantitative estimate of drug-likeness (QED) is 0.758. The Balaban J connectivity index is 2.78. The van der Waals surface area contributed by atoms with Gasteiger partial charge in [0.25, 0.3) is 0 Å². The molecule has 0 saturated heterocycles. The average Bonchev–Trinajstić information content (AvgIpc) is 2.29. The molecule has 1 aromatic heterocycles. The highest BCUT2D eigenvalue weighted by molar-refractivity contribution is 9.10. The van der Waals surface area contributed by atoms with Crippen LogP contribution in [0.25, 0.3) is 0 Å². The van der Waals surface area contributed by atoms with Gasteiger partial charge >= 0.3 is 5.97 Å². The van der Waals surface area contributed by atoms with Gasteiger partial charge in [0, 0.05) is 18.9 Å². The highest BCUT2D eigenvalue weighted by Crippen LogP contribution is 2.24. The SMILES string of the molecule is CCCN(CC(=O)OCC)c1ccncc1Br. The minimum absolute atomic E-state index is 0.204. The molecule has 0 saturated carbocycles. The van der Waals surface area contributed by atoms with E-state index in [1.165, 1.54) is 0 Å². The topological polar surface area (TPSA) is 42.4 Å². The van der Waals surface area contributed by atoms with Crippen molar-refractivity contribution in [2.75, 3.05) is 24.6 Å². The maximum absolute atomic E-state index is 11.5. The summed E-state index contributed by atoms with van der Waals surface area (Å²) in [5.41, 5.74) is 0.968. The van der Waals surface area contributed by atoms with Crippen molar-refractivity contribution in [2.24, 2.45) is 0 Å². The second-order valence-corrected chi connectivity index (χ2v) is 4.41. The molecule has 0 radical (unpaired) electrons. The van der Waals surface area contributed by atoms with E-state index in [-0.39, 0.29) is 12.5 Å². The smallest absolute Gasteiger partial charge is 0.325 e. The van der Waals surface area contributed by atoms with Crippen molar-refractivity contribution in [3.8, 4) is 0 Å². The van der Waals surface area contributed by atoms with Gasteiger partial charge in [-0.15, -0.1) is 0 Å². The summed E-state index contributed by atoms with van der Waals surface area (Å²) >= 11 is 3.44. The lowest BCUT2D eigenvalue weighted by Gasteiger charge is -2.24. The van der Waals surface area contributed by atoms with Crippen LogP contribution in [0.5, 0.6) is 0 Å². The highest BCUT2D eigenvalue weighted by Gasteiger charge is 2.13. The number of ether oxygens (including phenoxy) is 1. The van der Waals surface area contributed by atoms with Crippen molar-refractivity contribution >= 4 is 27.6 Å². The van der Waals surface area contributed by atoms with Gasteiger partial charge in [0.05, 0.1) is 16.8 Å². The Hall–Kier alpha value is -1.10. The molecule has 4 nitrogen and oxygen atoms in total. The number of anilines is 1. The normalized spacial score (nSPS) is 10.1. The van der Waals surface area contributed by atoms with Crippen molar-refractivity contribution in [3.05, 3.63) is 22.9 Å². The summed E-state index contributed by atoms with van der Waals surface area (Å²) in [6.45, 7) is 5.37. The molecule has 0 spiro atoms. The first-order valence-electron chi connectivity index (χ1n) is 5.69. The van der Waals surface area contributed by atoms with E-state index in [0.717, 1.165) is 23.1 Å². The molecular weight excluding hydrogens is 284 g/mol. The third-order valence-electron chi connectivity index (χ3n) is 2.21. The predicted molar refractivity (Wildman–Crippen MR) is 71.1 cm³/mol. The van der Waals surface area contributed by atoms with E-state index in [4.69, 9.17) is 4.74 Å². The number of hydrogen-bond donors (Lipinski definition) is 0. The lowest BCUT2D eigenvalue weighted by atomic mass is 10.3. The monoisotopic (exact) mass is 300 g/mol. The summed E-state index contributed by atoms with van der Waals surface area (Å²) < 4.78 is 5.86. The molecule has 0 N–H and O–H groups in total. The molecule has 0 unspecified atom stereocenters. The Morgan fingerprint density at radius 1 is 1.53 bits per heavy atom. The summed E-state index contributed by atoms with van der Waals surface area (Å²) in [5.74, 6) is -0.204. The fourth-order valence-corrected chi connectivity index (χ4v) is 2.04. The van der Waals surface area contributed by atoms with Gasteiger partial charge in [-0.2, -0.15) is 0 Å². The first-order valence-corrected chi connectivity index (χ1v) is 6.48. The number of rotatable bonds is 6. The number of pyridine rings is 1. The van der Waals surface area contributed by atoms with Gasteiger partial charge in [-0.3, -0.25) is 9.78 Å². The molecule has 0 atom stereocenters. The van der Waals surface area contributed by atoms with Crippen LogP contribution < -0.4 is 4.90 Å². The Morgan fingerprint density at radius 3 is 2.88 bits per heavy atom. The van der Waals surface area contributed by atoms with Crippen molar-refractivity contribution in [1.29, 1.82) is 0 Å². The minimum Gasteiger partial charge on any atom is -0.465 e. The number of aromatic nitrogens is 1. The van der Waals surface area contributed by atoms with Crippen LogP contribution in [0, 0.1) is 0 Å². The second-order valence-electron chi connectivity index (χ2n) is 3.55. The van der Waals surface area contributed by atoms with Crippen LogP contribution in [0.1, 0.15) is 20.3 Å². The van der Waals surface area contributed by atoms with Crippen molar-refractivity contribution in [3.63, 3.8) is 0 Å². The summed E-state index contributed by atoms with van der Waals surface area (Å²) in [7, 11) is 0. The molecule has 17 heavy (non-hydrogen) atoms. The number of hydrogen-bond acceptors (Lipinski definition) is 4. The maximum atomic E-state index is 11.5. The number of carbonyl (C=O) groups excluding carboxylic acids is 1. The molecule has 0 aliphatic heterocycles. The molecule has 0 aliphatic rings. The lowest BCUT2D eigenvalue weighted by Crippen LogP contribution is -2.32. The van der Waals surface area contributed by atoms with Crippen LogP contribution >= 0.6 is 15.9 Å². The van der Waals surface area contributed by atoms with E-state index >= 15 is 0 Å². The summed E-state index contributed by atoms with van der Waals surface area (Å²) in [4.78, 5) is 17.5. The number of carbonyl (C=O) groups is 1. The summed E-state index contributed by atoms with van der Waals surface area (Å²) in [6, 6.07) is 1.89. The minimum atomic E-state index is -0.204. The van der Waals surface area contributed by atoms with Gasteiger partial charge in [-0.05, 0) is 35.3 Å². The molecule has 0 amide bonds. The standard InChI is InChI=1S/C12H17BrN2O2/c1-3-7-15(9-12(16)17-4-2)11-5-6-14-8-10(11)13/h5-6,8H,3-4,7,9H2,1-2H3. The molecule has 1 aromatic rings. The molecule has 94 valence electrons. The molecule has 0 fully saturated rings. The molecule has 0 aliphatic carbocycles. The van der Waals surface area contributed by atoms with Gasteiger partial charge in [0.15, 0.2) is 0 Å². The third-order valence-corrected chi connectivity index (χ3v) is 2.82. The van der Waals surface area contributed by atoms with Crippen molar-refractivity contribution in [1.82, 2.24) is 4.98 Å². The lowest BCUT2D eigenvalue weighted by molar-refractivity contribution is -0.141. The van der Waals surface area contributed by atoms with Crippen molar-refractivity contribution in [2.45, 2.75) is 20.3 Å². The van der Waals surface area contributed by atoms with E-state index < -0.39 is 0 Å². The largest absolute Gasteiger partial charge is 0.465 e. The van der Waals surface area contributed by atoms with Crippen LogP contribution in [0.15, 0.2) is 22.9 Å². The second kappa shape index (κ2) is 7.27. The summed E-state index contributed by atoms with van der Waals surface area (Å²) in [6.07, 6.45) is 4.41. The van der Waals surface area contributed by atoms with E-state index in [1.807, 2.05) is 17.9 Å². The van der Waals surface area contributed by atoms with Crippen LogP contribution in [0.3, 0.4) is 0 Å². The Labute approximate surface area is 110 Å². The maximum Gasteiger partial charge on any atom is 0.325 e. The predicted octanol–water partition coefficient (Wildman–Crippen LogP) is 2.62. The van der Waals surface area contributed by atoms with Crippen LogP contribution in [-0.2, 0) is 9.53 Å². The van der Waals surface area contributed by atoms with Gasteiger partial charge in [-0.1, -0.05) is 6.92 Å². The first kappa shape index (κ1) is 14.0. The first-order chi connectivity index (χ1) is 8.19. The molecule has 1 rings (SSSR count). The number of esters is 1. The molecule has 0 bridgehead atoms. The van der Waals surface area contributed by atoms with Gasteiger partial charge in [0.2, 0.25) is 0 Å². The highest BCUT2D eigenvalue weighted by atomic mass is 79.9. The van der Waals surface area contributed by atoms with Crippen LogP contribution in [0.2, 0.25) is 0 Å². The van der Waals surface area contributed by atoms with E-state index in [2.05, 4.69) is 27.8 Å². The Morgan fingerprint density at radius 2 is 2.29 bits per heavy atom. The molecule has 5 heteroatoms. The fourth-order valence-electron chi connectivity index (χ4n) is 1.54. The summed E-state index contributed by atoms with van der Waals surface area (Å²) in [5, 5.41) is 0. The van der Waals surface area contributed by atoms with Crippen LogP contribution in [0.4, 0.5) is 5.69 Å². The van der Waals surface area contributed by atoms with Gasteiger partial charge in [0.1, 0.15) is 6.54 Å². The van der Waals surface area contributed by atoms with E-state index in [9.17, 15) is 4.79 Å². The van der Waals surface area contributed by atoms with E-state index in [0.29, 0.717) is 6.61 Å². The third kappa shape index (κ3) is 4.34. The average molecular weight is 301 g/mol. The molecule has 0 aromatic carbocycles. The van der Waals surface area contributed by atoms with Crippen molar-refractivity contribution < 1.29 is 9.53 Å². The zero-order chi connectivity index (χ0) is 12.7. The number of nitrogens with zero attached hydrogens (tertiary/aromatic N) is 2. The fraction of sp³-hybridized carbons (Fsp3) is 0.500. The molecule has 1 heterocycles. The van der Waals surface area contributed by atoms with Crippen LogP contribution in [-0.4, -0.2) is 30.6 Å². The zero-order valence-electron chi connectivity index (χ0n) is 10.1.